The van der Waals surface area contributed by atoms with E-state index in [1.807, 2.05) is 45.0 Å². The molecule has 1 aliphatic rings. The van der Waals surface area contributed by atoms with Crippen LogP contribution in [0, 0.1) is 12.3 Å². The minimum absolute atomic E-state index is 0.0778. The Morgan fingerprint density at radius 3 is 2.44 bits per heavy atom. The molecule has 0 fully saturated rings. The third kappa shape index (κ3) is 3.84. The van der Waals surface area contributed by atoms with Gasteiger partial charge in [0.05, 0.1) is 12.8 Å². The van der Waals surface area contributed by atoms with Gasteiger partial charge in [-0.25, -0.2) is 0 Å². The van der Waals surface area contributed by atoms with Crippen LogP contribution in [0.5, 0.6) is 5.75 Å². The highest BCUT2D eigenvalue weighted by Gasteiger charge is 2.35. The second-order valence-electron chi connectivity index (χ2n) is 8.94. The maximum atomic E-state index is 13.7. The molecule has 1 aromatic heterocycles. The van der Waals surface area contributed by atoms with Crippen LogP contribution in [-0.2, 0) is 6.42 Å². The molecule has 3 aromatic rings. The molecule has 6 heteroatoms. The van der Waals surface area contributed by atoms with Gasteiger partial charge in [-0.1, -0.05) is 44.2 Å². The van der Waals surface area contributed by atoms with Crippen LogP contribution < -0.4 is 15.6 Å². The van der Waals surface area contributed by atoms with Crippen molar-refractivity contribution in [1.29, 1.82) is 0 Å². The van der Waals surface area contributed by atoms with Gasteiger partial charge in [0.1, 0.15) is 11.3 Å². The Morgan fingerprint density at radius 1 is 1.03 bits per heavy atom. The van der Waals surface area contributed by atoms with E-state index in [0.29, 0.717) is 41.2 Å². The predicted octanol–water partition coefficient (Wildman–Crippen LogP) is 4.56. The second kappa shape index (κ2) is 8.11. The average molecular weight is 431 g/mol. The first-order valence-electron chi connectivity index (χ1n) is 10.5. The lowest BCUT2D eigenvalue weighted by atomic mass is 9.75. The number of hydrogen-bond acceptors (Lipinski definition) is 4. The summed E-state index contributed by atoms with van der Waals surface area (Å²) in [5, 5.41) is 2.82. The van der Waals surface area contributed by atoms with Crippen LogP contribution in [0.4, 0.5) is 5.69 Å². The third-order valence-electron chi connectivity index (χ3n) is 5.85. The van der Waals surface area contributed by atoms with Gasteiger partial charge in [-0.2, -0.15) is 0 Å². The zero-order chi connectivity index (χ0) is 23.0. The number of anilines is 1. The molecule has 1 N–H and O–H groups in total. The molecule has 6 nitrogen and oxygen atoms in total. The molecule has 0 bridgehead atoms. The molecule has 1 amide bonds. The Balaban J connectivity index is 1.95. The lowest BCUT2D eigenvalue weighted by Gasteiger charge is -2.32. The maximum absolute atomic E-state index is 13.7. The molecular weight excluding hydrogens is 404 g/mol. The summed E-state index contributed by atoms with van der Waals surface area (Å²) in [5.41, 5.74) is 2.15. The Bertz CT molecular complexity index is 1290. The third-order valence-corrected chi connectivity index (χ3v) is 5.85. The Hall–Kier alpha value is -3.67. The van der Waals surface area contributed by atoms with Gasteiger partial charge in [-0.05, 0) is 48.6 Å². The van der Waals surface area contributed by atoms with Crippen molar-refractivity contribution in [3.05, 3.63) is 87.3 Å². The molecule has 0 saturated carbocycles. The number of aromatic nitrogens is 1. The largest absolute Gasteiger partial charge is 0.495 e. The van der Waals surface area contributed by atoms with Gasteiger partial charge < -0.3 is 10.1 Å². The first-order chi connectivity index (χ1) is 15.2. The quantitative estimate of drug-likeness (QED) is 0.658. The predicted molar refractivity (Wildman–Crippen MR) is 124 cm³/mol. The van der Waals surface area contributed by atoms with Gasteiger partial charge in [0, 0.05) is 23.4 Å². The van der Waals surface area contributed by atoms with E-state index in [-0.39, 0.29) is 16.8 Å². The standard InChI is InChI=1S/C26H26N2O4/c1-16-9-5-6-10-19(16)27-24(30)18-13-17-21(14-26(2,3)15-22(17)29)28(25(18)31)20-11-7-8-12-23(20)32-4/h5-13H,14-15H2,1-4H3,(H,27,30). The van der Waals surface area contributed by atoms with Gasteiger partial charge in [0.15, 0.2) is 5.78 Å². The summed E-state index contributed by atoms with van der Waals surface area (Å²) in [7, 11) is 1.53. The van der Waals surface area contributed by atoms with Crippen LogP contribution in [0.1, 0.15) is 52.2 Å². The highest BCUT2D eigenvalue weighted by atomic mass is 16.5. The van der Waals surface area contributed by atoms with Gasteiger partial charge in [0.25, 0.3) is 11.5 Å². The van der Waals surface area contributed by atoms with Crippen LogP contribution in [0.25, 0.3) is 5.69 Å². The summed E-state index contributed by atoms with van der Waals surface area (Å²) < 4.78 is 6.96. The number of carbonyl (C=O) groups excluding carboxylic acids is 2. The van der Waals surface area contributed by atoms with E-state index in [0.717, 1.165) is 5.56 Å². The van der Waals surface area contributed by atoms with Crippen LogP contribution in [-0.4, -0.2) is 23.4 Å². The van der Waals surface area contributed by atoms with Gasteiger partial charge in [-0.15, -0.1) is 0 Å². The van der Waals surface area contributed by atoms with Crippen LogP contribution >= 0.6 is 0 Å². The molecule has 0 radical (unpaired) electrons. The number of amides is 1. The topological polar surface area (TPSA) is 77.4 Å². The lowest BCUT2D eigenvalue weighted by molar-refractivity contribution is 0.0908. The molecule has 1 aliphatic carbocycles. The first-order valence-corrected chi connectivity index (χ1v) is 10.5. The molecule has 0 aliphatic heterocycles. The number of fused-ring (bicyclic) bond motifs is 1. The molecule has 0 unspecified atom stereocenters. The van der Waals surface area contributed by atoms with Crippen molar-refractivity contribution in [2.75, 3.05) is 12.4 Å². The van der Waals surface area contributed by atoms with Crippen molar-refractivity contribution >= 4 is 17.4 Å². The van der Waals surface area contributed by atoms with Crippen LogP contribution in [0.3, 0.4) is 0 Å². The van der Waals surface area contributed by atoms with Gasteiger partial charge in [0.2, 0.25) is 0 Å². The molecule has 0 atom stereocenters. The lowest BCUT2D eigenvalue weighted by Crippen LogP contribution is -2.37. The fourth-order valence-electron chi connectivity index (χ4n) is 4.25. The average Bonchev–Trinajstić information content (AvgIpc) is 2.74. The van der Waals surface area contributed by atoms with Crippen molar-refractivity contribution in [1.82, 2.24) is 4.57 Å². The summed E-state index contributed by atoms with van der Waals surface area (Å²) >= 11 is 0. The fourth-order valence-corrected chi connectivity index (χ4v) is 4.25. The maximum Gasteiger partial charge on any atom is 0.268 e. The number of ketones is 1. The van der Waals surface area contributed by atoms with E-state index < -0.39 is 11.5 Å². The zero-order valence-corrected chi connectivity index (χ0v) is 18.7. The molecule has 0 spiro atoms. The van der Waals surface area contributed by atoms with E-state index >= 15 is 0 Å². The number of hydrogen-bond donors (Lipinski definition) is 1. The summed E-state index contributed by atoms with van der Waals surface area (Å²) in [6.07, 6.45) is 0.879. The number of ether oxygens (including phenoxy) is 1. The number of aryl methyl sites for hydroxylation is 1. The number of rotatable bonds is 4. The van der Waals surface area contributed by atoms with E-state index in [1.54, 1.807) is 24.3 Å². The first kappa shape index (κ1) is 21.6. The number of pyridine rings is 1. The fraction of sp³-hybridized carbons (Fsp3) is 0.269. The number of para-hydroxylation sites is 3. The van der Waals surface area contributed by atoms with Gasteiger partial charge >= 0.3 is 0 Å². The molecular formula is C26H26N2O4. The minimum atomic E-state index is -0.548. The summed E-state index contributed by atoms with van der Waals surface area (Å²) in [6, 6.07) is 15.9. The van der Waals surface area contributed by atoms with E-state index in [4.69, 9.17) is 4.74 Å². The highest BCUT2D eigenvalue weighted by molar-refractivity contribution is 6.07. The molecule has 0 saturated heterocycles. The smallest absolute Gasteiger partial charge is 0.268 e. The van der Waals surface area contributed by atoms with Crippen molar-refractivity contribution in [3.63, 3.8) is 0 Å². The molecule has 4 rings (SSSR count). The minimum Gasteiger partial charge on any atom is -0.495 e. The monoisotopic (exact) mass is 430 g/mol. The summed E-state index contributed by atoms with van der Waals surface area (Å²) in [4.78, 5) is 39.9. The van der Waals surface area contributed by atoms with E-state index in [1.165, 1.54) is 17.7 Å². The van der Waals surface area contributed by atoms with Crippen LogP contribution in [0.2, 0.25) is 0 Å². The number of nitrogens with one attached hydrogen (secondary N) is 1. The van der Waals surface area contributed by atoms with Crippen molar-refractivity contribution < 1.29 is 14.3 Å². The summed E-state index contributed by atoms with van der Waals surface area (Å²) in [6.45, 7) is 5.88. The summed E-state index contributed by atoms with van der Waals surface area (Å²) in [5.74, 6) is -0.137. The van der Waals surface area contributed by atoms with Crippen LogP contribution in [0.15, 0.2) is 59.4 Å². The van der Waals surface area contributed by atoms with E-state index in [9.17, 15) is 14.4 Å². The molecule has 164 valence electrons. The zero-order valence-electron chi connectivity index (χ0n) is 18.7. The van der Waals surface area contributed by atoms with E-state index in [2.05, 4.69) is 5.32 Å². The molecule has 32 heavy (non-hydrogen) atoms. The van der Waals surface area contributed by atoms with Crippen molar-refractivity contribution in [2.24, 2.45) is 5.41 Å². The van der Waals surface area contributed by atoms with Gasteiger partial charge in [-0.3, -0.25) is 19.0 Å². The molecule has 1 heterocycles. The normalized spacial score (nSPS) is 14.6. The highest BCUT2D eigenvalue weighted by Crippen LogP contribution is 2.36. The Labute approximate surface area is 186 Å². The molecule has 2 aromatic carbocycles. The van der Waals surface area contributed by atoms with Crippen molar-refractivity contribution in [3.8, 4) is 11.4 Å². The number of carbonyl (C=O) groups is 2. The second-order valence-corrected chi connectivity index (χ2v) is 8.94. The van der Waals surface area contributed by atoms with Crippen molar-refractivity contribution in [2.45, 2.75) is 33.6 Å². The number of benzene rings is 2. The number of Topliss-reactive ketones (excluding diaryl/α,β-unsaturated/α-hetero) is 1. The number of methoxy groups -OCH3 is 1. The SMILES string of the molecule is COc1ccccc1-n1c2c(cc(C(=O)Nc3ccccc3C)c1=O)C(=O)CC(C)(C)C2. The Kier molecular flexibility index (Phi) is 5.46. The number of nitrogens with zero attached hydrogens (tertiary/aromatic N) is 1. The Morgan fingerprint density at radius 2 is 1.72 bits per heavy atom.